The molecule has 2 aromatic carbocycles. The number of rotatable bonds is 2. The summed E-state index contributed by atoms with van der Waals surface area (Å²) in [5.41, 5.74) is 3.29. The maximum atomic E-state index is 12.7. The number of anilines is 1. The number of ether oxygens (including phenoxy) is 1. The van der Waals surface area contributed by atoms with Crippen LogP contribution in [0.5, 0.6) is 0 Å². The first-order valence-electron chi connectivity index (χ1n) is 11.0. The number of hydrogen-bond donors (Lipinski definition) is 2. The summed E-state index contributed by atoms with van der Waals surface area (Å²) >= 11 is 0. The average molecular weight is 415 g/mol. The molecule has 1 amide bonds. The van der Waals surface area contributed by atoms with Gasteiger partial charge in [-0.25, -0.2) is 0 Å². The van der Waals surface area contributed by atoms with E-state index < -0.39 is 5.66 Å². The van der Waals surface area contributed by atoms with Crippen LogP contribution in [0.1, 0.15) is 35.2 Å². The Labute approximate surface area is 181 Å². The van der Waals surface area contributed by atoms with E-state index in [9.17, 15) is 4.79 Å². The number of piperidine rings is 1. The molecule has 2 spiro atoms. The van der Waals surface area contributed by atoms with E-state index >= 15 is 0 Å². The minimum atomic E-state index is -0.505. The van der Waals surface area contributed by atoms with Gasteiger partial charge in [0.2, 0.25) is 0 Å². The van der Waals surface area contributed by atoms with Crippen molar-refractivity contribution in [3.05, 3.63) is 71.9 Å². The van der Waals surface area contributed by atoms with Crippen molar-refractivity contribution < 1.29 is 9.53 Å². The molecule has 3 aliphatic heterocycles. The van der Waals surface area contributed by atoms with Gasteiger partial charge in [-0.2, -0.15) is 0 Å². The molecule has 2 fully saturated rings. The molecule has 1 unspecified atom stereocenters. The van der Waals surface area contributed by atoms with Crippen LogP contribution in [0.2, 0.25) is 0 Å². The van der Waals surface area contributed by atoms with Gasteiger partial charge in [-0.3, -0.25) is 14.7 Å². The Kier molecular flexibility index (Phi) is 4.26. The molecule has 3 aliphatic rings. The lowest BCUT2D eigenvalue weighted by molar-refractivity contribution is -0.0452. The number of aromatic nitrogens is 1. The largest absolute Gasteiger partial charge is 0.370 e. The van der Waals surface area contributed by atoms with Crippen molar-refractivity contribution in [1.29, 1.82) is 0 Å². The number of nitrogens with zero attached hydrogens (tertiary/aromatic N) is 2. The first-order valence-corrected chi connectivity index (χ1v) is 11.0. The zero-order chi connectivity index (χ0) is 20.9. The summed E-state index contributed by atoms with van der Waals surface area (Å²) < 4.78 is 6.39. The van der Waals surface area contributed by atoms with Crippen LogP contribution in [0.25, 0.3) is 10.9 Å². The molecule has 2 saturated heterocycles. The fourth-order valence-corrected chi connectivity index (χ4v) is 5.43. The second-order valence-corrected chi connectivity index (χ2v) is 9.12. The van der Waals surface area contributed by atoms with E-state index in [0.717, 1.165) is 50.1 Å². The summed E-state index contributed by atoms with van der Waals surface area (Å²) in [4.78, 5) is 19.6. The van der Waals surface area contributed by atoms with E-state index in [0.29, 0.717) is 12.2 Å². The molecule has 0 aliphatic carbocycles. The number of nitrogens with one attached hydrogen (secondary N) is 2. The number of benzene rings is 2. The summed E-state index contributed by atoms with van der Waals surface area (Å²) in [6.07, 6.45) is 4.64. The van der Waals surface area contributed by atoms with Crippen LogP contribution in [0, 0.1) is 0 Å². The van der Waals surface area contributed by atoms with Crippen LogP contribution in [0.3, 0.4) is 0 Å². The molecule has 4 heterocycles. The van der Waals surface area contributed by atoms with Gasteiger partial charge < -0.3 is 15.4 Å². The maximum Gasteiger partial charge on any atom is 0.255 e. The molecule has 158 valence electrons. The average Bonchev–Trinajstić information content (AvgIpc) is 3.12. The van der Waals surface area contributed by atoms with Gasteiger partial charge >= 0.3 is 0 Å². The van der Waals surface area contributed by atoms with Crippen LogP contribution in [0.15, 0.2) is 60.8 Å². The van der Waals surface area contributed by atoms with E-state index in [4.69, 9.17) is 4.74 Å². The van der Waals surface area contributed by atoms with E-state index in [1.165, 1.54) is 10.9 Å². The molecule has 0 radical (unpaired) electrons. The molecule has 1 aromatic heterocycles. The normalized spacial score (nSPS) is 24.8. The van der Waals surface area contributed by atoms with Crippen LogP contribution in [0.4, 0.5) is 5.69 Å². The fraction of sp³-hybridized carbons (Fsp3) is 0.360. The standard InChI is InChI=1S/C25H26N4O2/c30-23-20-6-2-4-8-22(20)27-25(28-23)16-24(31-17-25)10-13-29(14-11-24)15-18-9-12-26-21-7-3-1-5-19(18)21/h1-9,12,27H,10-11,13-17H2,(H,28,30). The Balaban J connectivity index is 1.15. The Hall–Kier alpha value is -2.96. The topological polar surface area (TPSA) is 66.5 Å². The molecule has 31 heavy (non-hydrogen) atoms. The number of pyridine rings is 1. The van der Waals surface area contributed by atoms with Crippen LogP contribution in [-0.4, -0.2) is 46.8 Å². The first kappa shape index (κ1) is 18.8. The highest BCUT2D eigenvalue weighted by Gasteiger charge is 2.53. The molecule has 6 rings (SSSR count). The van der Waals surface area contributed by atoms with Crippen molar-refractivity contribution >= 4 is 22.5 Å². The second-order valence-electron chi connectivity index (χ2n) is 9.12. The van der Waals surface area contributed by atoms with Gasteiger partial charge in [0, 0.05) is 43.3 Å². The highest BCUT2D eigenvalue weighted by molar-refractivity contribution is 6.02. The smallest absolute Gasteiger partial charge is 0.255 e. The van der Waals surface area contributed by atoms with Crippen molar-refractivity contribution in [1.82, 2.24) is 15.2 Å². The summed E-state index contributed by atoms with van der Waals surface area (Å²) in [5, 5.41) is 7.99. The molecule has 2 N–H and O–H groups in total. The lowest BCUT2D eigenvalue weighted by atomic mass is 9.84. The molecular weight excluding hydrogens is 388 g/mol. The molecule has 3 aromatic rings. The molecular formula is C25H26N4O2. The van der Waals surface area contributed by atoms with Gasteiger partial charge in [0.15, 0.2) is 0 Å². The number of carbonyl (C=O) groups is 1. The molecule has 0 saturated carbocycles. The van der Waals surface area contributed by atoms with E-state index in [2.05, 4.69) is 44.8 Å². The predicted octanol–water partition coefficient (Wildman–Crippen LogP) is 3.54. The van der Waals surface area contributed by atoms with Crippen molar-refractivity contribution in [3.8, 4) is 0 Å². The van der Waals surface area contributed by atoms with Gasteiger partial charge in [-0.05, 0) is 42.7 Å². The first-order chi connectivity index (χ1) is 15.1. The van der Waals surface area contributed by atoms with Crippen molar-refractivity contribution in [2.24, 2.45) is 0 Å². The van der Waals surface area contributed by atoms with Crippen LogP contribution >= 0.6 is 0 Å². The van der Waals surface area contributed by atoms with Gasteiger partial charge in [0.1, 0.15) is 5.66 Å². The summed E-state index contributed by atoms with van der Waals surface area (Å²) in [6.45, 7) is 3.39. The Morgan fingerprint density at radius 2 is 1.81 bits per heavy atom. The number of para-hydroxylation sites is 2. The minimum absolute atomic E-state index is 0.0167. The Bertz CT molecular complexity index is 1150. The van der Waals surface area contributed by atoms with Gasteiger partial charge in [-0.1, -0.05) is 30.3 Å². The Morgan fingerprint density at radius 3 is 2.71 bits per heavy atom. The Morgan fingerprint density at radius 1 is 1.00 bits per heavy atom. The van der Waals surface area contributed by atoms with E-state index in [1.807, 2.05) is 36.5 Å². The third-order valence-electron chi connectivity index (χ3n) is 7.05. The highest BCUT2D eigenvalue weighted by atomic mass is 16.5. The third kappa shape index (κ3) is 3.27. The third-order valence-corrected chi connectivity index (χ3v) is 7.05. The molecule has 6 heteroatoms. The van der Waals surface area contributed by atoms with E-state index in [1.54, 1.807) is 0 Å². The predicted molar refractivity (Wildman–Crippen MR) is 120 cm³/mol. The maximum absolute atomic E-state index is 12.7. The van der Waals surface area contributed by atoms with Crippen LogP contribution in [-0.2, 0) is 11.3 Å². The summed E-state index contributed by atoms with van der Waals surface area (Å²) in [7, 11) is 0. The van der Waals surface area contributed by atoms with Crippen LogP contribution < -0.4 is 10.6 Å². The number of fused-ring (bicyclic) bond motifs is 2. The fourth-order valence-electron chi connectivity index (χ4n) is 5.43. The van der Waals surface area contributed by atoms with Crippen molar-refractivity contribution in [2.75, 3.05) is 25.0 Å². The highest BCUT2D eigenvalue weighted by Crippen LogP contribution is 2.43. The quantitative estimate of drug-likeness (QED) is 0.672. The summed E-state index contributed by atoms with van der Waals surface area (Å²) in [5.74, 6) is -0.0167. The SMILES string of the molecule is O=C1NC2(COC3(CCN(Cc4ccnc5ccccc45)CC3)C2)Nc2ccccc21. The number of carbonyl (C=O) groups excluding carboxylic acids is 1. The second kappa shape index (κ2) is 7.04. The monoisotopic (exact) mass is 414 g/mol. The van der Waals surface area contributed by atoms with Gasteiger partial charge in [0.05, 0.1) is 23.3 Å². The number of amides is 1. The number of likely N-dealkylation sites (tertiary alicyclic amines) is 1. The molecule has 1 atom stereocenters. The summed E-state index contributed by atoms with van der Waals surface area (Å²) in [6, 6.07) is 18.2. The lowest BCUT2D eigenvalue weighted by Crippen LogP contribution is -2.59. The van der Waals surface area contributed by atoms with Gasteiger partial charge in [-0.15, -0.1) is 0 Å². The zero-order valence-corrected chi connectivity index (χ0v) is 17.4. The van der Waals surface area contributed by atoms with E-state index in [-0.39, 0.29) is 11.5 Å². The van der Waals surface area contributed by atoms with Gasteiger partial charge in [0.25, 0.3) is 5.91 Å². The molecule has 6 nitrogen and oxygen atoms in total. The van der Waals surface area contributed by atoms with Crippen molar-refractivity contribution in [3.63, 3.8) is 0 Å². The zero-order valence-electron chi connectivity index (χ0n) is 17.4. The minimum Gasteiger partial charge on any atom is -0.370 e. The van der Waals surface area contributed by atoms with Crippen molar-refractivity contribution in [2.45, 2.75) is 37.1 Å². The lowest BCUT2D eigenvalue weighted by Gasteiger charge is -2.41. The number of hydrogen-bond acceptors (Lipinski definition) is 5. The molecule has 0 bridgehead atoms.